The van der Waals surface area contributed by atoms with E-state index in [2.05, 4.69) is 17.1 Å². The smallest absolute Gasteiger partial charge is 0.237 e. The lowest BCUT2D eigenvalue weighted by Gasteiger charge is -2.28. The first-order valence-corrected chi connectivity index (χ1v) is 5.26. The maximum Gasteiger partial charge on any atom is 0.237 e. The third kappa shape index (κ3) is 2.83. The number of likely N-dealkylation sites (N-methyl/N-ethyl adjacent to an activating group) is 1. The summed E-state index contributed by atoms with van der Waals surface area (Å²) in [4.78, 5) is 15.4. The van der Waals surface area contributed by atoms with Crippen molar-refractivity contribution in [2.75, 3.05) is 39.9 Å². The van der Waals surface area contributed by atoms with Crippen LogP contribution in [0.4, 0.5) is 0 Å². The predicted octanol–water partition coefficient (Wildman–Crippen LogP) is 0.139. The van der Waals surface area contributed by atoms with Crippen LogP contribution in [-0.4, -0.2) is 55.6 Å². The van der Waals surface area contributed by atoms with Gasteiger partial charge in [-0.15, -0.1) is 12.4 Å². The van der Waals surface area contributed by atoms with Gasteiger partial charge in [-0.3, -0.25) is 9.69 Å². The monoisotopic (exact) mass is 233 g/mol. The lowest BCUT2D eigenvalue weighted by atomic mass is 9.89. The number of nitrogens with one attached hydrogen (secondary N) is 1. The van der Waals surface area contributed by atoms with Crippen LogP contribution in [-0.2, 0) is 4.79 Å². The Morgan fingerprint density at radius 3 is 2.73 bits per heavy atom. The number of halogens is 1. The van der Waals surface area contributed by atoms with Crippen molar-refractivity contribution in [2.24, 2.45) is 5.41 Å². The van der Waals surface area contributed by atoms with E-state index in [-0.39, 0.29) is 18.3 Å². The van der Waals surface area contributed by atoms with Crippen LogP contribution in [0.2, 0.25) is 0 Å². The van der Waals surface area contributed by atoms with E-state index in [1.165, 1.54) is 6.42 Å². The molecule has 2 rings (SSSR count). The van der Waals surface area contributed by atoms with Gasteiger partial charge in [-0.1, -0.05) is 6.92 Å². The van der Waals surface area contributed by atoms with Gasteiger partial charge < -0.3 is 10.2 Å². The summed E-state index contributed by atoms with van der Waals surface area (Å²) in [5.41, 5.74) is 0.367. The van der Waals surface area contributed by atoms with Crippen LogP contribution in [0.1, 0.15) is 13.3 Å². The maximum atomic E-state index is 11.3. The molecular weight excluding hydrogens is 214 g/mol. The second-order valence-electron chi connectivity index (χ2n) is 4.96. The van der Waals surface area contributed by atoms with Gasteiger partial charge >= 0.3 is 0 Å². The Hall–Kier alpha value is -0.320. The average Bonchev–Trinajstić information content (AvgIpc) is 2.62. The van der Waals surface area contributed by atoms with Crippen LogP contribution in [0.15, 0.2) is 0 Å². The first kappa shape index (κ1) is 12.7. The highest BCUT2D eigenvalue weighted by Gasteiger charge is 2.34. The van der Waals surface area contributed by atoms with Crippen molar-refractivity contribution in [3.63, 3.8) is 0 Å². The summed E-state index contributed by atoms with van der Waals surface area (Å²) in [6.45, 7) is 6.95. The highest BCUT2D eigenvalue weighted by atomic mass is 35.5. The van der Waals surface area contributed by atoms with Gasteiger partial charge in [0.15, 0.2) is 0 Å². The molecule has 1 amide bonds. The van der Waals surface area contributed by atoms with Crippen LogP contribution in [0.25, 0.3) is 0 Å². The highest BCUT2D eigenvalue weighted by molar-refractivity contribution is 5.85. The average molecular weight is 234 g/mol. The highest BCUT2D eigenvalue weighted by Crippen LogP contribution is 2.26. The van der Waals surface area contributed by atoms with E-state index < -0.39 is 0 Å². The summed E-state index contributed by atoms with van der Waals surface area (Å²) >= 11 is 0. The summed E-state index contributed by atoms with van der Waals surface area (Å²) in [6, 6.07) is 0. The SMILES string of the molecule is CN1CN(CC2(C)CCNC2)CC1=O.Cl. The summed E-state index contributed by atoms with van der Waals surface area (Å²) in [7, 11) is 1.87. The van der Waals surface area contributed by atoms with Gasteiger partial charge in [0.1, 0.15) is 0 Å². The third-order valence-electron chi connectivity index (χ3n) is 3.26. The number of carbonyl (C=O) groups is 1. The molecule has 0 aromatic carbocycles. The van der Waals surface area contributed by atoms with E-state index in [0.29, 0.717) is 12.0 Å². The number of hydrogen-bond donors (Lipinski definition) is 1. The van der Waals surface area contributed by atoms with Crippen molar-refractivity contribution in [1.82, 2.24) is 15.1 Å². The van der Waals surface area contributed by atoms with E-state index in [1.54, 1.807) is 4.90 Å². The normalized spacial score (nSPS) is 32.1. The third-order valence-corrected chi connectivity index (χ3v) is 3.26. The molecule has 0 aromatic heterocycles. The minimum Gasteiger partial charge on any atom is -0.332 e. The van der Waals surface area contributed by atoms with Crippen LogP contribution in [0.3, 0.4) is 0 Å². The molecule has 1 N–H and O–H groups in total. The molecule has 2 fully saturated rings. The van der Waals surface area contributed by atoms with Crippen molar-refractivity contribution < 1.29 is 4.79 Å². The summed E-state index contributed by atoms with van der Waals surface area (Å²) in [5.74, 6) is 0.250. The zero-order chi connectivity index (χ0) is 10.2. The van der Waals surface area contributed by atoms with E-state index in [1.807, 2.05) is 7.05 Å². The fraction of sp³-hybridized carbons (Fsp3) is 0.900. The van der Waals surface area contributed by atoms with Crippen molar-refractivity contribution >= 4 is 18.3 Å². The first-order chi connectivity index (χ1) is 6.59. The molecule has 1 unspecified atom stereocenters. The molecule has 2 heterocycles. The molecule has 0 spiro atoms. The van der Waals surface area contributed by atoms with Gasteiger partial charge in [-0.2, -0.15) is 0 Å². The Morgan fingerprint density at radius 1 is 1.53 bits per heavy atom. The van der Waals surface area contributed by atoms with Gasteiger partial charge in [-0.25, -0.2) is 0 Å². The second-order valence-corrected chi connectivity index (χ2v) is 4.96. The Balaban J connectivity index is 0.00000112. The Bertz CT molecular complexity index is 241. The van der Waals surface area contributed by atoms with E-state index in [4.69, 9.17) is 0 Å². The predicted molar refractivity (Wildman–Crippen MR) is 62.1 cm³/mol. The van der Waals surface area contributed by atoms with Gasteiger partial charge in [0, 0.05) is 20.1 Å². The molecule has 0 aliphatic carbocycles. The topological polar surface area (TPSA) is 35.6 Å². The molecular formula is C10H20ClN3O. The standard InChI is InChI=1S/C10H19N3O.ClH/c1-10(3-4-11-6-10)7-13-5-9(14)12(2)8-13;/h11H,3-8H2,1-2H3;1H. The van der Waals surface area contributed by atoms with Crippen LogP contribution >= 0.6 is 12.4 Å². The Labute approximate surface area is 97.4 Å². The molecule has 0 aromatic rings. The fourth-order valence-electron chi connectivity index (χ4n) is 2.39. The van der Waals surface area contributed by atoms with Gasteiger partial charge in [-0.05, 0) is 18.4 Å². The number of hydrogen-bond acceptors (Lipinski definition) is 3. The quantitative estimate of drug-likeness (QED) is 0.737. The fourth-order valence-corrected chi connectivity index (χ4v) is 2.39. The maximum absolute atomic E-state index is 11.3. The van der Waals surface area contributed by atoms with Gasteiger partial charge in [0.2, 0.25) is 5.91 Å². The Kier molecular flexibility index (Phi) is 3.98. The molecule has 2 aliphatic heterocycles. The van der Waals surface area contributed by atoms with Gasteiger partial charge in [0.05, 0.1) is 13.2 Å². The van der Waals surface area contributed by atoms with Crippen LogP contribution in [0, 0.1) is 5.41 Å². The van der Waals surface area contributed by atoms with E-state index >= 15 is 0 Å². The zero-order valence-electron chi connectivity index (χ0n) is 9.45. The molecule has 0 bridgehead atoms. The van der Waals surface area contributed by atoms with Crippen LogP contribution < -0.4 is 5.32 Å². The second kappa shape index (κ2) is 4.68. The van der Waals surface area contributed by atoms with Crippen LogP contribution in [0.5, 0.6) is 0 Å². The van der Waals surface area contributed by atoms with Gasteiger partial charge in [0.25, 0.3) is 0 Å². The lowest BCUT2D eigenvalue weighted by Crippen LogP contribution is -2.36. The summed E-state index contributed by atoms with van der Waals surface area (Å²) in [5, 5.41) is 3.38. The molecule has 0 radical (unpaired) electrons. The molecule has 15 heavy (non-hydrogen) atoms. The van der Waals surface area contributed by atoms with Crippen molar-refractivity contribution in [2.45, 2.75) is 13.3 Å². The summed E-state index contributed by atoms with van der Waals surface area (Å²) < 4.78 is 0. The number of carbonyl (C=O) groups excluding carboxylic acids is 1. The minimum absolute atomic E-state index is 0. The number of rotatable bonds is 2. The van der Waals surface area contributed by atoms with E-state index in [0.717, 1.165) is 26.3 Å². The number of amides is 1. The lowest BCUT2D eigenvalue weighted by molar-refractivity contribution is -0.125. The van der Waals surface area contributed by atoms with Crippen molar-refractivity contribution in [1.29, 1.82) is 0 Å². The minimum atomic E-state index is 0. The molecule has 2 saturated heterocycles. The number of nitrogens with zero attached hydrogens (tertiary/aromatic N) is 2. The van der Waals surface area contributed by atoms with Crippen molar-refractivity contribution in [3.05, 3.63) is 0 Å². The largest absolute Gasteiger partial charge is 0.332 e. The summed E-state index contributed by atoms with van der Waals surface area (Å²) in [6.07, 6.45) is 1.22. The molecule has 1 atom stereocenters. The first-order valence-electron chi connectivity index (χ1n) is 5.26. The zero-order valence-corrected chi connectivity index (χ0v) is 10.3. The molecule has 88 valence electrons. The molecule has 2 aliphatic rings. The Morgan fingerprint density at radius 2 is 2.27 bits per heavy atom. The molecule has 5 heteroatoms. The molecule has 0 saturated carbocycles. The van der Waals surface area contributed by atoms with Crippen molar-refractivity contribution in [3.8, 4) is 0 Å². The van der Waals surface area contributed by atoms with E-state index in [9.17, 15) is 4.79 Å². The molecule has 4 nitrogen and oxygen atoms in total.